The van der Waals surface area contributed by atoms with Gasteiger partial charge in [0.25, 0.3) is 5.91 Å². The van der Waals surface area contributed by atoms with Crippen LogP contribution in [0.1, 0.15) is 56.9 Å². The summed E-state index contributed by atoms with van der Waals surface area (Å²) in [6, 6.07) is 3.60. The number of nitrogens with zero attached hydrogens (tertiary/aromatic N) is 2. The zero-order chi connectivity index (χ0) is 18.6. The molecule has 140 valence electrons. The van der Waals surface area contributed by atoms with Crippen molar-refractivity contribution in [1.29, 1.82) is 0 Å². The second kappa shape index (κ2) is 7.93. The van der Waals surface area contributed by atoms with Gasteiger partial charge in [0.2, 0.25) is 0 Å². The van der Waals surface area contributed by atoms with Crippen LogP contribution in [-0.2, 0) is 11.2 Å². The van der Waals surface area contributed by atoms with Gasteiger partial charge in [-0.3, -0.25) is 4.79 Å². The molecule has 25 heavy (non-hydrogen) atoms. The third kappa shape index (κ3) is 5.51. The zero-order valence-corrected chi connectivity index (χ0v) is 16.0. The Hall–Kier alpha value is -1.98. The van der Waals surface area contributed by atoms with Crippen LogP contribution in [0.2, 0.25) is 0 Å². The third-order valence-electron chi connectivity index (χ3n) is 4.26. The van der Waals surface area contributed by atoms with Gasteiger partial charge in [-0.25, -0.2) is 4.79 Å². The number of amides is 2. The van der Waals surface area contributed by atoms with Crippen molar-refractivity contribution in [2.24, 2.45) is 5.92 Å². The summed E-state index contributed by atoms with van der Waals surface area (Å²) in [5.74, 6) is 1.40. The van der Waals surface area contributed by atoms with Gasteiger partial charge in [-0.05, 0) is 51.7 Å². The molecule has 6 nitrogen and oxygen atoms in total. The molecule has 0 radical (unpaired) electrons. The molecule has 1 aromatic heterocycles. The predicted octanol–water partition coefficient (Wildman–Crippen LogP) is 3.56. The van der Waals surface area contributed by atoms with Crippen molar-refractivity contribution in [3.63, 3.8) is 0 Å². The lowest BCUT2D eigenvalue weighted by atomic mass is 9.97. The molecule has 0 N–H and O–H groups in total. The molecular weight excluding hydrogens is 320 g/mol. The molecule has 2 rings (SSSR count). The summed E-state index contributed by atoms with van der Waals surface area (Å²) in [6.07, 6.45) is 2.38. The van der Waals surface area contributed by atoms with E-state index in [1.807, 2.05) is 38.7 Å². The second-order valence-electron chi connectivity index (χ2n) is 7.74. The van der Waals surface area contributed by atoms with Crippen LogP contribution in [0.3, 0.4) is 0 Å². The van der Waals surface area contributed by atoms with Crippen molar-refractivity contribution >= 4 is 12.0 Å². The van der Waals surface area contributed by atoms with Crippen LogP contribution >= 0.6 is 0 Å². The van der Waals surface area contributed by atoms with E-state index in [0.29, 0.717) is 18.8 Å². The van der Waals surface area contributed by atoms with Crippen LogP contribution in [0.15, 0.2) is 16.5 Å². The Morgan fingerprint density at radius 1 is 1.36 bits per heavy atom. The number of hydrogen-bond donors (Lipinski definition) is 0. The van der Waals surface area contributed by atoms with E-state index >= 15 is 0 Å². The highest BCUT2D eigenvalue weighted by Crippen LogP contribution is 2.21. The van der Waals surface area contributed by atoms with Crippen LogP contribution < -0.4 is 0 Å². The first kappa shape index (κ1) is 19.3. The van der Waals surface area contributed by atoms with E-state index in [9.17, 15) is 9.59 Å². The van der Waals surface area contributed by atoms with Crippen molar-refractivity contribution in [3.8, 4) is 0 Å². The molecule has 1 aliphatic heterocycles. The van der Waals surface area contributed by atoms with Crippen molar-refractivity contribution in [2.45, 2.75) is 52.6 Å². The van der Waals surface area contributed by atoms with Crippen molar-refractivity contribution in [2.75, 3.05) is 26.7 Å². The Labute approximate surface area is 150 Å². The average molecular weight is 350 g/mol. The van der Waals surface area contributed by atoms with Gasteiger partial charge in [0.1, 0.15) is 11.4 Å². The number of likely N-dealkylation sites (tertiary alicyclic amines) is 1. The first-order valence-corrected chi connectivity index (χ1v) is 9.01. The fourth-order valence-electron chi connectivity index (χ4n) is 3.04. The van der Waals surface area contributed by atoms with E-state index in [-0.39, 0.29) is 17.9 Å². The molecule has 1 fully saturated rings. The largest absolute Gasteiger partial charge is 0.456 e. The lowest BCUT2D eigenvalue weighted by Gasteiger charge is -2.34. The van der Waals surface area contributed by atoms with E-state index in [1.54, 1.807) is 18.0 Å². The Morgan fingerprint density at radius 2 is 2.08 bits per heavy atom. The van der Waals surface area contributed by atoms with Gasteiger partial charge in [0, 0.05) is 33.1 Å². The molecule has 2 amide bonds. The number of furan rings is 1. The molecule has 6 heteroatoms. The maximum absolute atomic E-state index is 12.6. The molecule has 0 aliphatic carbocycles. The Morgan fingerprint density at radius 3 is 2.68 bits per heavy atom. The molecule has 0 aromatic carbocycles. The van der Waals surface area contributed by atoms with Gasteiger partial charge in [0.15, 0.2) is 5.76 Å². The van der Waals surface area contributed by atoms with E-state index < -0.39 is 5.60 Å². The van der Waals surface area contributed by atoms with Gasteiger partial charge in [0.05, 0.1) is 0 Å². The van der Waals surface area contributed by atoms with Gasteiger partial charge >= 0.3 is 6.09 Å². The second-order valence-corrected chi connectivity index (χ2v) is 7.74. The summed E-state index contributed by atoms with van der Waals surface area (Å²) in [6.45, 7) is 9.50. The number of rotatable bonds is 4. The van der Waals surface area contributed by atoms with Gasteiger partial charge in [-0.2, -0.15) is 0 Å². The summed E-state index contributed by atoms with van der Waals surface area (Å²) in [4.78, 5) is 28.2. The van der Waals surface area contributed by atoms with Crippen LogP contribution in [-0.4, -0.2) is 54.1 Å². The maximum Gasteiger partial charge on any atom is 0.410 e. The highest BCUT2D eigenvalue weighted by atomic mass is 16.6. The van der Waals surface area contributed by atoms with Gasteiger partial charge in [-0.1, -0.05) is 6.92 Å². The van der Waals surface area contributed by atoms with Crippen LogP contribution in [0.5, 0.6) is 0 Å². The highest BCUT2D eigenvalue weighted by Gasteiger charge is 2.28. The third-order valence-corrected chi connectivity index (χ3v) is 4.26. The van der Waals surface area contributed by atoms with E-state index in [4.69, 9.17) is 9.15 Å². The molecule has 0 bridgehead atoms. The van der Waals surface area contributed by atoms with Crippen LogP contribution in [0.4, 0.5) is 4.79 Å². The summed E-state index contributed by atoms with van der Waals surface area (Å²) in [5, 5.41) is 0. The van der Waals surface area contributed by atoms with E-state index in [0.717, 1.165) is 31.6 Å². The molecule has 1 unspecified atom stereocenters. The molecule has 2 heterocycles. The molecule has 1 saturated heterocycles. The molecule has 1 atom stereocenters. The number of carbonyl (C=O) groups excluding carboxylic acids is 2. The summed E-state index contributed by atoms with van der Waals surface area (Å²) in [7, 11) is 1.74. The SMILES string of the molecule is CCc1ccc(C(=O)N2CCCC(CN(C)C(=O)OC(C)(C)C)C2)o1. The van der Waals surface area contributed by atoms with E-state index in [1.165, 1.54) is 0 Å². The van der Waals surface area contributed by atoms with Gasteiger partial charge in [-0.15, -0.1) is 0 Å². The van der Waals surface area contributed by atoms with Crippen molar-refractivity contribution < 1.29 is 18.7 Å². The number of ether oxygens (including phenoxy) is 1. The first-order chi connectivity index (χ1) is 11.7. The lowest BCUT2D eigenvalue weighted by Crippen LogP contribution is -2.44. The van der Waals surface area contributed by atoms with E-state index in [2.05, 4.69) is 0 Å². The topological polar surface area (TPSA) is 63.0 Å². The normalized spacial score (nSPS) is 18.1. The van der Waals surface area contributed by atoms with Crippen molar-refractivity contribution in [3.05, 3.63) is 23.7 Å². The van der Waals surface area contributed by atoms with Crippen molar-refractivity contribution in [1.82, 2.24) is 9.80 Å². The summed E-state index contributed by atoms with van der Waals surface area (Å²) >= 11 is 0. The number of carbonyl (C=O) groups is 2. The summed E-state index contributed by atoms with van der Waals surface area (Å²) in [5.41, 5.74) is -0.504. The highest BCUT2D eigenvalue weighted by molar-refractivity contribution is 5.91. The quantitative estimate of drug-likeness (QED) is 0.833. The lowest BCUT2D eigenvalue weighted by molar-refractivity contribution is 0.0242. The average Bonchev–Trinajstić information content (AvgIpc) is 3.01. The minimum atomic E-state index is -0.504. The fraction of sp³-hybridized carbons (Fsp3) is 0.684. The molecule has 0 saturated carbocycles. The number of aryl methyl sites for hydroxylation is 1. The standard InChI is InChI=1S/C19H30N2O4/c1-6-15-9-10-16(24-15)17(22)21-11-7-8-14(13-21)12-20(5)18(23)25-19(2,3)4/h9-10,14H,6-8,11-13H2,1-5H3. The molecule has 0 spiro atoms. The van der Waals surface area contributed by atoms with Gasteiger partial charge < -0.3 is 19.0 Å². The minimum absolute atomic E-state index is 0.0654. The predicted molar refractivity (Wildman–Crippen MR) is 95.6 cm³/mol. The maximum atomic E-state index is 12.6. The van der Waals surface area contributed by atoms with Crippen LogP contribution in [0.25, 0.3) is 0 Å². The monoisotopic (exact) mass is 350 g/mol. The number of hydrogen-bond acceptors (Lipinski definition) is 4. The smallest absolute Gasteiger partial charge is 0.410 e. The molecule has 1 aliphatic rings. The molecular formula is C19H30N2O4. The Balaban J connectivity index is 1.91. The zero-order valence-electron chi connectivity index (χ0n) is 16.0. The Kier molecular flexibility index (Phi) is 6.14. The van der Waals surface area contributed by atoms with Crippen LogP contribution in [0, 0.1) is 5.92 Å². The molecule has 1 aromatic rings. The number of piperidine rings is 1. The first-order valence-electron chi connectivity index (χ1n) is 9.01. The minimum Gasteiger partial charge on any atom is -0.456 e. The Bertz CT molecular complexity index is 603. The fourth-order valence-corrected chi connectivity index (χ4v) is 3.04. The summed E-state index contributed by atoms with van der Waals surface area (Å²) < 4.78 is 11.0.